The zero-order chi connectivity index (χ0) is 18.6. The van der Waals surface area contributed by atoms with Gasteiger partial charge in [0, 0.05) is 38.2 Å². The van der Waals surface area contributed by atoms with E-state index >= 15 is 0 Å². The highest BCUT2D eigenvalue weighted by atomic mass is 16.5. The lowest BCUT2D eigenvalue weighted by atomic mass is 9.91. The standard InChI is InChI=1S/C20H28N4O2/c1-20(2,3)14-18(25)24-11-7-10-23(12-13-24)15-17-21-19(26-22-17)16-8-5-4-6-9-16/h4-6,8-9H,7,10-15H2,1-3H3. The Morgan fingerprint density at radius 1 is 1.12 bits per heavy atom. The second kappa shape index (κ2) is 7.99. The number of benzene rings is 1. The van der Waals surface area contributed by atoms with Gasteiger partial charge in [-0.25, -0.2) is 0 Å². The third kappa shape index (κ3) is 5.14. The van der Waals surface area contributed by atoms with Gasteiger partial charge in [-0.15, -0.1) is 0 Å². The van der Waals surface area contributed by atoms with E-state index in [1.54, 1.807) is 0 Å². The molecule has 0 atom stereocenters. The molecule has 0 unspecified atom stereocenters. The minimum atomic E-state index is 0.0293. The summed E-state index contributed by atoms with van der Waals surface area (Å²) in [6, 6.07) is 9.79. The van der Waals surface area contributed by atoms with E-state index in [1.807, 2.05) is 35.2 Å². The van der Waals surface area contributed by atoms with Gasteiger partial charge in [0.1, 0.15) is 0 Å². The summed E-state index contributed by atoms with van der Waals surface area (Å²) in [5, 5.41) is 4.11. The molecule has 140 valence electrons. The predicted molar refractivity (Wildman–Crippen MR) is 100 cm³/mol. The number of nitrogens with zero attached hydrogens (tertiary/aromatic N) is 4. The Balaban J connectivity index is 1.55. The van der Waals surface area contributed by atoms with Gasteiger partial charge < -0.3 is 9.42 Å². The van der Waals surface area contributed by atoms with Crippen molar-refractivity contribution in [1.29, 1.82) is 0 Å². The molecule has 0 saturated carbocycles. The van der Waals surface area contributed by atoms with Crippen LogP contribution in [0, 0.1) is 5.41 Å². The number of aromatic nitrogens is 2. The molecule has 0 aliphatic carbocycles. The molecule has 0 N–H and O–H groups in total. The first-order valence-electron chi connectivity index (χ1n) is 9.29. The topological polar surface area (TPSA) is 62.5 Å². The van der Waals surface area contributed by atoms with E-state index in [4.69, 9.17) is 4.52 Å². The van der Waals surface area contributed by atoms with Crippen LogP contribution < -0.4 is 0 Å². The summed E-state index contributed by atoms with van der Waals surface area (Å²) >= 11 is 0. The zero-order valence-corrected chi connectivity index (χ0v) is 15.9. The van der Waals surface area contributed by atoms with Crippen molar-refractivity contribution >= 4 is 5.91 Å². The molecule has 3 rings (SSSR count). The largest absolute Gasteiger partial charge is 0.341 e. The third-order valence-corrected chi connectivity index (χ3v) is 4.48. The van der Waals surface area contributed by atoms with Crippen LogP contribution in [-0.4, -0.2) is 52.0 Å². The van der Waals surface area contributed by atoms with E-state index in [-0.39, 0.29) is 11.3 Å². The van der Waals surface area contributed by atoms with Crippen LogP contribution >= 0.6 is 0 Å². The molecule has 1 saturated heterocycles. The average molecular weight is 356 g/mol. The Morgan fingerprint density at radius 3 is 2.62 bits per heavy atom. The van der Waals surface area contributed by atoms with Gasteiger partial charge in [0.2, 0.25) is 5.91 Å². The second-order valence-corrected chi connectivity index (χ2v) is 8.13. The Kier molecular flexibility index (Phi) is 5.71. The molecule has 1 aromatic carbocycles. The number of rotatable bonds is 4. The van der Waals surface area contributed by atoms with E-state index in [9.17, 15) is 4.79 Å². The summed E-state index contributed by atoms with van der Waals surface area (Å²) in [7, 11) is 0. The van der Waals surface area contributed by atoms with Gasteiger partial charge in [-0.05, 0) is 24.0 Å². The molecule has 0 bridgehead atoms. The molecule has 6 heteroatoms. The Hall–Kier alpha value is -2.21. The van der Waals surface area contributed by atoms with Crippen molar-refractivity contribution in [3.63, 3.8) is 0 Å². The summed E-state index contributed by atoms with van der Waals surface area (Å²) in [5.74, 6) is 1.50. The molecule has 0 radical (unpaired) electrons. The molecule has 26 heavy (non-hydrogen) atoms. The molecule has 1 aromatic heterocycles. The maximum Gasteiger partial charge on any atom is 0.257 e. The van der Waals surface area contributed by atoms with Crippen LogP contribution in [0.25, 0.3) is 11.5 Å². The van der Waals surface area contributed by atoms with Gasteiger partial charge in [0.15, 0.2) is 5.82 Å². The maximum absolute atomic E-state index is 12.5. The highest BCUT2D eigenvalue weighted by Gasteiger charge is 2.24. The minimum Gasteiger partial charge on any atom is -0.341 e. The van der Waals surface area contributed by atoms with E-state index < -0.39 is 0 Å². The minimum absolute atomic E-state index is 0.0293. The van der Waals surface area contributed by atoms with Gasteiger partial charge in [-0.1, -0.05) is 44.1 Å². The fourth-order valence-corrected chi connectivity index (χ4v) is 3.16. The summed E-state index contributed by atoms with van der Waals surface area (Å²) < 4.78 is 5.39. The van der Waals surface area contributed by atoms with Crippen LogP contribution in [0.3, 0.4) is 0 Å². The van der Waals surface area contributed by atoms with Gasteiger partial charge in [0.25, 0.3) is 5.89 Å². The second-order valence-electron chi connectivity index (χ2n) is 8.13. The van der Waals surface area contributed by atoms with Crippen LogP contribution in [0.15, 0.2) is 34.9 Å². The van der Waals surface area contributed by atoms with E-state index in [1.165, 1.54) is 0 Å². The van der Waals surface area contributed by atoms with Crippen LogP contribution in [-0.2, 0) is 11.3 Å². The first kappa shape index (κ1) is 18.6. The van der Waals surface area contributed by atoms with Crippen molar-refractivity contribution in [2.75, 3.05) is 26.2 Å². The third-order valence-electron chi connectivity index (χ3n) is 4.48. The number of carbonyl (C=O) groups is 1. The molecule has 1 aliphatic rings. The fraction of sp³-hybridized carbons (Fsp3) is 0.550. The molecule has 1 amide bonds. The predicted octanol–water partition coefficient (Wildman–Crippen LogP) is 3.21. The van der Waals surface area contributed by atoms with E-state index in [0.717, 1.165) is 38.2 Å². The average Bonchev–Trinajstić information content (AvgIpc) is 2.92. The maximum atomic E-state index is 12.5. The van der Waals surface area contributed by atoms with Gasteiger partial charge in [0.05, 0.1) is 6.54 Å². The first-order chi connectivity index (χ1) is 12.4. The molecule has 1 aliphatic heterocycles. The Labute approximate surface area is 155 Å². The quantitative estimate of drug-likeness (QED) is 0.842. The number of carbonyl (C=O) groups excluding carboxylic acids is 1. The highest BCUT2D eigenvalue weighted by molar-refractivity contribution is 5.76. The number of hydrogen-bond donors (Lipinski definition) is 0. The lowest BCUT2D eigenvalue weighted by Crippen LogP contribution is -2.36. The lowest BCUT2D eigenvalue weighted by Gasteiger charge is -2.25. The van der Waals surface area contributed by atoms with Crippen molar-refractivity contribution < 1.29 is 9.32 Å². The molecule has 2 heterocycles. The molecular weight excluding hydrogens is 328 g/mol. The summed E-state index contributed by atoms with van der Waals surface area (Å²) in [6.45, 7) is 10.3. The number of hydrogen-bond acceptors (Lipinski definition) is 5. The van der Waals surface area contributed by atoms with Gasteiger partial charge in [-0.3, -0.25) is 9.69 Å². The van der Waals surface area contributed by atoms with E-state index in [0.29, 0.717) is 24.7 Å². The summed E-state index contributed by atoms with van der Waals surface area (Å²) in [4.78, 5) is 21.3. The monoisotopic (exact) mass is 356 g/mol. The normalized spacial score (nSPS) is 16.5. The first-order valence-corrected chi connectivity index (χ1v) is 9.29. The highest BCUT2D eigenvalue weighted by Crippen LogP contribution is 2.21. The van der Waals surface area contributed by atoms with Crippen molar-refractivity contribution in [2.45, 2.75) is 40.2 Å². The Bertz CT molecular complexity index is 721. The molecular formula is C20H28N4O2. The molecule has 0 spiro atoms. The van der Waals surface area contributed by atoms with Crippen LogP contribution in [0.2, 0.25) is 0 Å². The number of amides is 1. The van der Waals surface area contributed by atoms with Crippen LogP contribution in [0.4, 0.5) is 0 Å². The smallest absolute Gasteiger partial charge is 0.257 e. The fourth-order valence-electron chi connectivity index (χ4n) is 3.16. The molecule has 2 aromatic rings. The van der Waals surface area contributed by atoms with Gasteiger partial charge in [-0.2, -0.15) is 4.98 Å². The molecule has 6 nitrogen and oxygen atoms in total. The van der Waals surface area contributed by atoms with E-state index in [2.05, 4.69) is 35.8 Å². The molecule has 1 fully saturated rings. The zero-order valence-electron chi connectivity index (χ0n) is 15.9. The van der Waals surface area contributed by atoms with Crippen molar-refractivity contribution in [2.24, 2.45) is 5.41 Å². The summed E-state index contributed by atoms with van der Waals surface area (Å²) in [5.41, 5.74) is 0.961. The van der Waals surface area contributed by atoms with Crippen LogP contribution in [0.1, 0.15) is 39.4 Å². The van der Waals surface area contributed by atoms with Crippen molar-refractivity contribution in [1.82, 2.24) is 19.9 Å². The van der Waals surface area contributed by atoms with Gasteiger partial charge >= 0.3 is 0 Å². The van der Waals surface area contributed by atoms with Crippen molar-refractivity contribution in [3.8, 4) is 11.5 Å². The summed E-state index contributed by atoms with van der Waals surface area (Å²) in [6.07, 6.45) is 1.57. The lowest BCUT2D eigenvalue weighted by molar-refractivity contribution is -0.132. The van der Waals surface area contributed by atoms with Crippen molar-refractivity contribution in [3.05, 3.63) is 36.2 Å². The van der Waals surface area contributed by atoms with Crippen LogP contribution in [0.5, 0.6) is 0 Å². The SMILES string of the molecule is CC(C)(C)CC(=O)N1CCCN(Cc2noc(-c3ccccc3)n2)CC1. The Morgan fingerprint density at radius 2 is 1.88 bits per heavy atom.